The number of nitrogens with zero attached hydrogens (tertiary/aromatic N) is 4. The Morgan fingerprint density at radius 3 is 2.24 bits per heavy atom. The number of anilines is 1. The number of carbonyl (C=O) groups excluding carboxylic acids is 2. The minimum absolute atomic E-state index is 0.102. The molecule has 0 radical (unpaired) electrons. The highest BCUT2D eigenvalue weighted by Crippen LogP contribution is 2.36. The second-order valence-electron chi connectivity index (χ2n) is 13.0. The van der Waals surface area contributed by atoms with E-state index in [2.05, 4.69) is 9.88 Å². The van der Waals surface area contributed by atoms with E-state index >= 15 is 0 Å². The molecule has 6 rings (SSSR count). The molecule has 4 heterocycles. The van der Waals surface area contributed by atoms with Crippen LogP contribution in [-0.4, -0.2) is 90.2 Å². The molecule has 1 aromatic heterocycles. The average molecular weight is 579 g/mol. The number of rotatable bonds is 7. The number of benzene rings is 1. The van der Waals surface area contributed by atoms with Gasteiger partial charge in [-0.1, -0.05) is 18.2 Å². The number of amides is 1. The number of carbonyl (C=O) groups is 2. The minimum Gasteiger partial charge on any atom is -0.474 e. The van der Waals surface area contributed by atoms with E-state index < -0.39 is 5.60 Å². The Morgan fingerprint density at radius 2 is 1.57 bits per heavy atom. The monoisotopic (exact) mass is 578 g/mol. The number of aromatic nitrogens is 1. The zero-order valence-corrected chi connectivity index (χ0v) is 24.8. The van der Waals surface area contributed by atoms with Crippen LogP contribution in [-0.2, 0) is 14.3 Å². The number of fused-ring (bicyclic) bond motifs is 1. The van der Waals surface area contributed by atoms with E-state index in [1.165, 1.54) is 0 Å². The summed E-state index contributed by atoms with van der Waals surface area (Å²) in [5, 5.41) is 1.82. The summed E-state index contributed by atoms with van der Waals surface area (Å²) in [4.78, 5) is 39.0. The lowest BCUT2D eigenvalue weighted by Crippen LogP contribution is -2.46. The highest BCUT2D eigenvalue weighted by Gasteiger charge is 2.42. The summed E-state index contributed by atoms with van der Waals surface area (Å²) in [6.45, 7) is 10.3. The van der Waals surface area contributed by atoms with E-state index in [9.17, 15) is 9.59 Å². The van der Waals surface area contributed by atoms with Crippen LogP contribution in [0.1, 0.15) is 56.8 Å². The summed E-state index contributed by atoms with van der Waals surface area (Å²) in [6, 6.07) is 13.2. The largest absolute Gasteiger partial charge is 0.474 e. The van der Waals surface area contributed by atoms with Gasteiger partial charge in [0.05, 0.1) is 17.8 Å². The molecule has 2 atom stereocenters. The second kappa shape index (κ2) is 12.1. The van der Waals surface area contributed by atoms with Gasteiger partial charge < -0.3 is 28.8 Å². The van der Waals surface area contributed by atoms with Gasteiger partial charge in [-0.2, -0.15) is 0 Å². The van der Waals surface area contributed by atoms with E-state index in [1.54, 1.807) is 17.0 Å². The zero-order valence-electron chi connectivity index (χ0n) is 24.8. The Morgan fingerprint density at radius 1 is 0.881 bits per heavy atom. The van der Waals surface area contributed by atoms with Crippen LogP contribution < -0.4 is 9.64 Å². The van der Waals surface area contributed by atoms with E-state index in [0.29, 0.717) is 36.4 Å². The number of piperidine rings is 1. The maximum absolute atomic E-state index is 12.4. The SMILES string of the molecule is CC(C)(C)OC(=O)N1CCC(OC2CC(Oc3cc(N4C[C@H]5CN(OC(=O)c6ccccc6)C[C@H]5C4)ccn3)C2)CC1. The van der Waals surface area contributed by atoms with Crippen molar-refractivity contribution in [1.29, 1.82) is 0 Å². The Kier molecular flexibility index (Phi) is 8.27. The summed E-state index contributed by atoms with van der Waals surface area (Å²) in [5.74, 6) is 1.26. The van der Waals surface area contributed by atoms with Gasteiger partial charge in [0.1, 0.15) is 11.7 Å². The van der Waals surface area contributed by atoms with Gasteiger partial charge in [0.15, 0.2) is 0 Å². The molecule has 4 aliphatic rings. The molecule has 42 heavy (non-hydrogen) atoms. The molecule has 1 amide bonds. The predicted octanol–water partition coefficient (Wildman–Crippen LogP) is 4.55. The minimum atomic E-state index is -0.476. The molecule has 1 saturated carbocycles. The van der Waals surface area contributed by atoms with Gasteiger partial charge in [0.2, 0.25) is 5.88 Å². The van der Waals surface area contributed by atoms with Crippen molar-refractivity contribution < 1.29 is 28.6 Å². The number of hydroxylamine groups is 2. The third-order valence-corrected chi connectivity index (χ3v) is 8.58. The zero-order chi connectivity index (χ0) is 29.3. The van der Waals surface area contributed by atoms with Crippen molar-refractivity contribution in [2.24, 2.45) is 11.8 Å². The lowest BCUT2D eigenvalue weighted by Gasteiger charge is -2.39. The Hall–Kier alpha value is -3.37. The third-order valence-electron chi connectivity index (χ3n) is 8.58. The van der Waals surface area contributed by atoms with Gasteiger partial charge in [-0.05, 0) is 63.6 Å². The van der Waals surface area contributed by atoms with Crippen molar-refractivity contribution in [2.75, 3.05) is 44.2 Å². The first-order valence-corrected chi connectivity index (χ1v) is 15.2. The summed E-state index contributed by atoms with van der Waals surface area (Å²) < 4.78 is 18.0. The van der Waals surface area contributed by atoms with Gasteiger partial charge >= 0.3 is 12.1 Å². The fourth-order valence-corrected chi connectivity index (χ4v) is 6.31. The first-order valence-electron chi connectivity index (χ1n) is 15.2. The van der Waals surface area contributed by atoms with Crippen LogP contribution in [0.25, 0.3) is 0 Å². The molecule has 4 fully saturated rings. The Balaban J connectivity index is 0.908. The van der Waals surface area contributed by atoms with Crippen LogP contribution in [0.2, 0.25) is 0 Å². The molecule has 0 spiro atoms. The molecule has 10 heteroatoms. The van der Waals surface area contributed by atoms with E-state index in [4.69, 9.17) is 19.0 Å². The fraction of sp³-hybridized carbons (Fsp3) is 0.594. The van der Waals surface area contributed by atoms with Crippen molar-refractivity contribution in [3.63, 3.8) is 0 Å². The molecular formula is C32H42N4O6. The van der Waals surface area contributed by atoms with E-state index in [1.807, 2.05) is 62.4 Å². The summed E-state index contributed by atoms with van der Waals surface area (Å²) in [6.07, 6.45) is 5.40. The normalized spacial score (nSPS) is 26.5. The number of hydrogen-bond donors (Lipinski definition) is 0. The molecule has 3 aliphatic heterocycles. The number of pyridine rings is 1. The number of likely N-dealkylation sites (tertiary alicyclic amines) is 1. The molecule has 10 nitrogen and oxygen atoms in total. The fourth-order valence-electron chi connectivity index (χ4n) is 6.31. The van der Waals surface area contributed by atoms with E-state index in [0.717, 1.165) is 57.5 Å². The van der Waals surface area contributed by atoms with E-state index in [-0.39, 0.29) is 30.4 Å². The molecule has 2 aromatic rings. The molecule has 1 aromatic carbocycles. The first-order chi connectivity index (χ1) is 20.2. The van der Waals surface area contributed by atoms with Gasteiger partial charge in [-0.3, -0.25) is 0 Å². The van der Waals surface area contributed by atoms with Gasteiger partial charge in [-0.15, -0.1) is 5.06 Å². The highest BCUT2D eigenvalue weighted by molar-refractivity contribution is 5.89. The van der Waals surface area contributed by atoms with Gasteiger partial charge in [-0.25, -0.2) is 14.6 Å². The van der Waals surface area contributed by atoms with Crippen LogP contribution in [0.15, 0.2) is 48.7 Å². The average Bonchev–Trinajstić information content (AvgIpc) is 3.51. The molecule has 3 saturated heterocycles. The van der Waals surface area contributed by atoms with Gasteiger partial charge in [0, 0.05) is 70.1 Å². The smallest absolute Gasteiger partial charge is 0.410 e. The highest BCUT2D eigenvalue weighted by atomic mass is 16.7. The van der Waals surface area contributed by atoms with Crippen LogP contribution in [0, 0.1) is 11.8 Å². The Labute approximate surface area is 247 Å². The number of ether oxygens (including phenoxy) is 3. The summed E-state index contributed by atoms with van der Waals surface area (Å²) in [5.41, 5.74) is 1.22. The molecule has 1 aliphatic carbocycles. The molecule has 0 bridgehead atoms. The lowest BCUT2D eigenvalue weighted by molar-refractivity contribution is -0.110. The molecular weight excluding hydrogens is 536 g/mol. The van der Waals surface area contributed by atoms with Crippen molar-refractivity contribution in [3.8, 4) is 5.88 Å². The maximum Gasteiger partial charge on any atom is 0.410 e. The Bertz CT molecular complexity index is 1230. The topological polar surface area (TPSA) is 93.7 Å². The quantitative estimate of drug-likeness (QED) is 0.469. The van der Waals surface area contributed by atoms with Crippen molar-refractivity contribution in [3.05, 3.63) is 54.2 Å². The van der Waals surface area contributed by atoms with Crippen LogP contribution in [0.5, 0.6) is 5.88 Å². The van der Waals surface area contributed by atoms with Crippen LogP contribution >= 0.6 is 0 Å². The number of hydrogen-bond acceptors (Lipinski definition) is 9. The summed E-state index contributed by atoms with van der Waals surface area (Å²) in [7, 11) is 0. The first kappa shape index (κ1) is 28.7. The second-order valence-corrected chi connectivity index (χ2v) is 13.0. The third kappa shape index (κ3) is 6.98. The molecule has 0 unspecified atom stereocenters. The maximum atomic E-state index is 12.4. The van der Waals surface area contributed by atoms with Crippen LogP contribution in [0.3, 0.4) is 0 Å². The predicted molar refractivity (Wildman–Crippen MR) is 156 cm³/mol. The standard InChI is InChI=1S/C32H42N4O6/c1-32(2,3)41-31(38)34-13-10-26(11-14-34)39-27-16-28(17-27)40-29-15-25(9-12-33-29)35-18-23-20-36(21-24(23)19-35)42-30(37)22-7-5-4-6-8-22/h4-9,12,15,23-24,26-28H,10-11,13-14,16-21H2,1-3H3/t23-,24+,27?,28?. The summed E-state index contributed by atoms with van der Waals surface area (Å²) >= 11 is 0. The van der Waals surface area contributed by atoms with Gasteiger partial charge in [0.25, 0.3) is 0 Å². The molecule has 0 N–H and O–H groups in total. The van der Waals surface area contributed by atoms with Crippen molar-refractivity contribution in [1.82, 2.24) is 14.9 Å². The lowest BCUT2D eigenvalue weighted by atomic mass is 9.91. The molecule has 226 valence electrons. The van der Waals surface area contributed by atoms with Crippen LogP contribution in [0.4, 0.5) is 10.5 Å². The van der Waals surface area contributed by atoms with Crippen molar-refractivity contribution in [2.45, 2.75) is 70.4 Å². The van der Waals surface area contributed by atoms with Crippen molar-refractivity contribution >= 4 is 17.7 Å².